The first-order chi connectivity index (χ1) is 20.0. The van der Waals surface area contributed by atoms with Crippen molar-refractivity contribution < 1.29 is 34.2 Å². The number of carbonyl (C=O) groups is 5. The van der Waals surface area contributed by atoms with E-state index >= 15 is 0 Å². The molecule has 0 aliphatic carbocycles. The Morgan fingerprint density at radius 2 is 1.31 bits per heavy atom. The van der Waals surface area contributed by atoms with Gasteiger partial charge in [0.15, 0.2) is 0 Å². The Bertz CT molecular complexity index is 1180. The van der Waals surface area contributed by atoms with Gasteiger partial charge in [-0.05, 0) is 54.0 Å². The van der Waals surface area contributed by atoms with Crippen LogP contribution in [0.4, 0.5) is 0 Å². The van der Waals surface area contributed by atoms with Crippen molar-refractivity contribution in [3.05, 3.63) is 65.7 Å². The third-order valence-electron chi connectivity index (χ3n) is 6.44. The molecular weight excluding hydrogens is 560 g/mol. The minimum atomic E-state index is -1.30. The molecule has 4 amide bonds. The highest BCUT2D eigenvalue weighted by Crippen LogP contribution is 2.13. The van der Waals surface area contributed by atoms with Crippen LogP contribution >= 0.6 is 11.8 Å². The van der Waals surface area contributed by atoms with Crippen molar-refractivity contribution in [1.29, 1.82) is 0 Å². The molecule has 0 fully saturated rings. The summed E-state index contributed by atoms with van der Waals surface area (Å²) in [7, 11) is 0. The van der Waals surface area contributed by atoms with Gasteiger partial charge < -0.3 is 31.5 Å². The molecule has 0 aliphatic rings. The van der Waals surface area contributed by atoms with Crippen LogP contribution in [0.25, 0.3) is 0 Å². The van der Waals surface area contributed by atoms with E-state index in [2.05, 4.69) is 21.3 Å². The van der Waals surface area contributed by atoms with E-state index in [4.69, 9.17) is 0 Å². The lowest BCUT2D eigenvalue weighted by Crippen LogP contribution is -2.58. The predicted octanol–water partition coefficient (Wildman–Crippen LogP) is 1.63. The highest BCUT2D eigenvalue weighted by molar-refractivity contribution is 7.98. The predicted molar refractivity (Wildman–Crippen MR) is 161 cm³/mol. The molecule has 42 heavy (non-hydrogen) atoms. The number of benzene rings is 2. The molecule has 12 heteroatoms. The van der Waals surface area contributed by atoms with Crippen LogP contribution in [-0.2, 0) is 36.8 Å². The Morgan fingerprint density at radius 3 is 1.88 bits per heavy atom. The molecule has 0 aromatic heterocycles. The van der Waals surface area contributed by atoms with Crippen molar-refractivity contribution in [2.45, 2.75) is 63.7 Å². The summed E-state index contributed by atoms with van der Waals surface area (Å²) in [5.41, 5.74) is 1.32. The lowest BCUT2D eigenvalue weighted by molar-refractivity contribution is -0.142. The Hall–Kier alpha value is -4.06. The number of hydrogen-bond donors (Lipinski definition) is 6. The van der Waals surface area contributed by atoms with E-state index in [0.29, 0.717) is 24.1 Å². The number of carbonyl (C=O) groups excluding carboxylic acids is 4. The smallest absolute Gasteiger partial charge is 0.326 e. The highest BCUT2D eigenvalue weighted by atomic mass is 32.2. The van der Waals surface area contributed by atoms with E-state index in [9.17, 15) is 34.2 Å². The second-order valence-electron chi connectivity index (χ2n) is 10.3. The van der Waals surface area contributed by atoms with Crippen LogP contribution in [0, 0.1) is 5.92 Å². The number of aromatic hydroxyl groups is 1. The van der Waals surface area contributed by atoms with Gasteiger partial charge in [0.05, 0.1) is 0 Å². The fourth-order valence-electron chi connectivity index (χ4n) is 4.25. The highest BCUT2D eigenvalue weighted by Gasteiger charge is 2.31. The second-order valence-corrected chi connectivity index (χ2v) is 11.3. The van der Waals surface area contributed by atoms with E-state index in [-0.39, 0.29) is 30.9 Å². The third kappa shape index (κ3) is 11.8. The van der Waals surface area contributed by atoms with Gasteiger partial charge in [0.25, 0.3) is 0 Å². The summed E-state index contributed by atoms with van der Waals surface area (Å²) >= 11 is 1.52. The summed E-state index contributed by atoms with van der Waals surface area (Å²) in [6.45, 7) is 3.77. The number of carboxylic acid groups (broad SMARTS) is 1. The molecule has 0 radical (unpaired) electrons. The summed E-state index contributed by atoms with van der Waals surface area (Å²) in [5.74, 6) is -2.42. The average molecular weight is 601 g/mol. The van der Waals surface area contributed by atoms with Crippen molar-refractivity contribution in [1.82, 2.24) is 21.3 Å². The van der Waals surface area contributed by atoms with Gasteiger partial charge in [-0.15, -0.1) is 0 Å². The minimum absolute atomic E-state index is 0.00725. The van der Waals surface area contributed by atoms with Crippen molar-refractivity contribution >= 4 is 41.9 Å². The third-order valence-corrected chi connectivity index (χ3v) is 7.09. The van der Waals surface area contributed by atoms with Gasteiger partial charge in [0.1, 0.15) is 29.9 Å². The fraction of sp³-hybridized carbons (Fsp3) is 0.433. The molecule has 0 heterocycles. The van der Waals surface area contributed by atoms with Crippen LogP contribution < -0.4 is 21.3 Å². The average Bonchev–Trinajstić information content (AvgIpc) is 2.95. The molecule has 4 atom stereocenters. The molecular formula is C30H40N4O7S. The fourth-order valence-corrected chi connectivity index (χ4v) is 4.73. The van der Waals surface area contributed by atoms with Crippen LogP contribution in [0.1, 0.15) is 37.8 Å². The summed E-state index contributed by atoms with van der Waals surface area (Å²) in [4.78, 5) is 63.0. The molecule has 0 spiro atoms. The van der Waals surface area contributed by atoms with Gasteiger partial charge in [-0.25, -0.2) is 4.79 Å². The summed E-state index contributed by atoms with van der Waals surface area (Å²) < 4.78 is 0. The summed E-state index contributed by atoms with van der Waals surface area (Å²) in [6.07, 6.45) is 3.00. The SMILES string of the molecule is CSCC[C@H](NC=O)C(=O)N[C@@H](CC(C)C)C(=O)N[C@@H](Cc1ccccc1)C(=O)N[C@@H](Cc1ccc(O)cc1)C(=O)O. The molecule has 2 aromatic rings. The number of aliphatic carboxylic acids is 1. The topological polar surface area (TPSA) is 174 Å². The standard InChI is InChI=1S/C30H40N4O7S/c1-19(2)15-24(32-27(37)23(31-18-35)13-14-42-3)28(38)33-25(16-20-7-5-4-6-8-20)29(39)34-26(30(40)41)17-21-9-11-22(36)12-10-21/h4-12,18-19,23-26,36H,13-17H2,1-3H3,(H,31,35)(H,32,37)(H,33,38)(H,34,39)(H,40,41)/t23-,24-,25-,26-/m0/s1. The van der Waals surface area contributed by atoms with Crippen LogP contribution in [0.2, 0.25) is 0 Å². The maximum absolute atomic E-state index is 13.5. The molecule has 0 bridgehead atoms. The zero-order valence-electron chi connectivity index (χ0n) is 24.0. The lowest BCUT2D eigenvalue weighted by atomic mass is 10.00. The number of rotatable bonds is 18. The van der Waals surface area contributed by atoms with Crippen molar-refractivity contribution in [2.75, 3.05) is 12.0 Å². The number of amides is 4. The van der Waals surface area contributed by atoms with Gasteiger partial charge in [0, 0.05) is 12.8 Å². The molecule has 0 saturated heterocycles. The van der Waals surface area contributed by atoms with E-state index in [0.717, 1.165) is 5.56 Å². The number of phenols is 1. The first kappa shape index (κ1) is 34.1. The van der Waals surface area contributed by atoms with Gasteiger partial charge in [-0.3, -0.25) is 19.2 Å². The van der Waals surface area contributed by atoms with Crippen LogP contribution in [0.5, 0.6) is 5.75 Å². The zero-order valence-corrected chi connectivity index (χ0v) is 24.9. The van der Waals surface area contributed by atoms with E-state index in [1.807, 2.05) is 26.2 Å². The number of hydrogen-bond acceptors (Lipinski definition) is 7. The molecule has 0 unspecified atom stereocenters. The van der Waals surface area contributed by atoms with Gasteiger partial charge in [0.2, 0.25) is 24.1 Å². The monoisotopic (exact) mass is 600 g/mol. The Labute approximate surface area is 250 Å². The number of carboxylic acids is 1. The molecule has 0 aliphatic heterocycles. The van der Waals surface area contributed by atoms with Gasteiger partial charge in [-0.1, -0.05) is 56.3 Å². The molecule has 2 rings (SSSR count). The Kier molecular flexibility index (Phi) is 14.4. The van der Waals surface area contributed by atoms with Gasteiger partial charge in [-0.2, -0.15) is 11.8 Å². The van der Waals surface area contributed by atoms with E-state index < -0.39 is 47.9 Å². The molecule has 0 saturated carbocycles. The van der Waals surface area contributed by atoms with Crippen molar-refractivity contribution in [3.63, 3.8) is 0 Å². The van der Waals surface area contributed by atoms with Crippen LogP contribution in [0.3, 0.4) is 0 Å². The van der Waals surface area contributed by atoms with Crippen LogP contribution in [0.15, 0.2) is 54.6 Å². The first-order valence-electron chi connectivity index (χ1n) is 13.7. The first-order valence-corrected chi connectivity index (χ1v) is 15.1. The van der Waals surface area contributed by atoms with Crippen LogP contribution in [-0.4, -0.2) is 76.5 Å². The molecule has 228 valence electrons. The second kappa shape index (κ2) is 17.7. The van der Waals surface area contributed by atoms with E-state index in [1.165, 1.54) is 23.9 Å². The van der Waals surface area contributed by atoms with Crippen molar-refractivity contribution in [2.24, 2.45) is 5.92 Å². The van der Waals surface area contributed by atoms with E-state index in [1.54, 1.807) is 36.4 Å². The quantitative estimate of drug-likeness (QED) is 0.140. The normalized spacial score (nSPS) is 13.7. The molecule has 6 N–H and O–H groups in total. The maximum atomic E-state index is 13.5. The lowest BCUT2D eigenvalue weighted by Gasteiger charge is -2.26. The summed E-state index contributed by atoms with van der Waals surface area (Å²) in [6, 6.07) is 10.7. The Morgan fingerprint density at radius 1 is 0.786 bits per heavy atom. The number of thioether (sulfide) groups is 1. The Balaban J connectivity index is 2.26. The minimum Gasteiger partial charge on any atom is -0.508 e. The zero-order chi connectivity index (χ0) is 31.1. The number of phenolic OH excluding ortho intramolecular Hbond substituents is 1. The molecule has 11 nitrogen and oxygen atoms in total. The van der Waals surface area contributed by atoms with Crippen molar-refractivity contribution in [3.8, 4) is 5.75 Å². The summed E-state index contributed by atoms with van der Waals surface area (Å²) in [5, 5.41) is 29.8. The largest absolute Gasteiger partial charge is 0.508 e. The number of nitrogens with one attached hydrogen (secondary N) is 4. The molecule has 2 aromatic carbocycles. The van der Waals surface area contributed by atoms with Gasteiger partial charge >= 0.3 is 5.97 Å². The maximum Gasteiger partial charge on any atom is 0.326 e.